The summed E-state index contributed by atoms with van der Waals surface area (Å²) in [6, 6.07) is 66.7. The van der Waals surface area contributed by atoms with Crippen LogP contribution in [0.3, 0.4) is 0 Å². The minimum absolute atomic E-state index is 0. The Morgan fingerprint density at radius 3 is 0.688 bits per heavy atom. The third-order valence-electron chi connectivity index (χ3n) is 8.90. The number of halogens is 6. The summed E-state index contributed by atoms with van der Waals surface area (Å²) < 4.78 is -1.50. The van der Waals surface area contributed by atoms with Crippen molar-refractivity contribution in [2.75, 3.05) is 0 Å². The smallest absolute Gasteiger partial charge is 0.587 e. The van der Waals surface area contributed by atoms with Crippen molar-refractivity contribution in [2.45, 2.75) is 8.59 Å². The van der Waals surface area contributed by atoms with Crippen molar-refractivity contribution in [3.8, 4) is 0 Å². The number of hydrogen-bond donors (Lipinski definition) is 0. The van der Waals surface area contributed by atoms with Crippen molar-refractivity contribution in [3.63, 3.8) is 0 Å². The molecule has 0 atom stereocenters. The summed E-state index contributed by atoms with van der Waals surface area (Å²) in [6.07, 6.45) is 0. The number of imide groups is 2. The van der Waals surface area contributed by atoms with Crippen LogP contribution in [0.5, 0.6) is 0 Å². The van der Waals surface area contributed by atoms with Crippen molar-refractivity contribution in [1.29, 1.82) is 0 Å². The van der Waals surface area contributed by atoms with E-state index in [-0.39, 0.29) is 25.9 Å². The third kappa shape index (κ3) is 15.9. The molecule has 0 saturated carbocycles. The molecular formula is C48H38Cl6N2O5P2Pd+2. The van der Waals surface area contributed by atoms with E-state index in [1.807, 2.05) is 0 Å². The largest absolute Gasteiger partial charge is 2.00 e. The minimum Gasteiger partial charge on any atom is -0.587 e. The standard InChI is InChI=1S/C30H24P2.2C8H5NO2.2CHCl3.H2O.Pd/c1-5-15-25(16-6-1)31(26-17-7-2-8-18-26)29-23-13-14-24-30(29)32(27-19-9-3-10-20-27)28-21-11-4-12-22-28;2*10-7-5-3-1-2-4-6(5)8(11)9-7;2*2-1(3)4;;/h1-24H;2*1-4H,(H,9,10,11);2*1H;1H2;/q;;;;;;+2. The molecule has 7 aromatic carbocycles. The Morgan fingerprint density at radius 2 is 0.484 bits per heavy atom. The molecule has 0 radical (unpaired) electrons. The molecule has 0 saturated heterocycles. The Labute approximate surface area is 418 Å². The molecule has 0 bridgehead atoms. The van der Waals surface area contributed by atoms with E-state index >= 15 is 0 Å². The van der Waals surface area contributed by atoms with Gasteiger partial charge in [0.05, 0.1) is 23.6 Å². The second-order valence-corrected chi connectivity index (χ2v) is 21.6. The Hall–Kier alpha value is -3.96. The van der Waals surface area contributed by atoms with E-state index in [1.54, 1.807) is 48.5 Å². The fraction of sp³-hybridized carbons (Fsp3) is 0.0417. The monoisotopic (exact) mass is 1100 g/mol. The zero-order valence-corrected chi connectivity index (χ0v) is 41.3. The van der Waals surface area contributed by atoms with Gasteiger partial charge in [-0.3, -0.25) is 0 Å². The van der Waals surface area contributed by atoms with Gasteiger partial charge < -0.3 is 35.3 Å². The molecule has 16 heteroatoms. The molecule has 64 heavy (non-hydrogen) atoms. The molecule has 2 N–H and O–H groups in total. The van der Waals surface area contributed by atoms with Crippen LogP contribution in [-0.2, 0) is 20.4 Å². The van der Waals surface area contributed by atoms with Crippen molar-refractivity contribution in [3.05, 3.63) is 227 Å². The molecule has 7 aromatic rings. The molecule has 2 heterocycles. The Kier molecular flexibility index (Phi) is 23.9. The summed E-state index contributed by atoms with van der Waals surface area (Å²) in [5.74, 6) is -1.70. The summed E-state index contributed by atoms with van der Waals surface area (Å²) in [6.45, 7) is 0. The van der Waals surface area contributed by atoms with Crippen LogP contribution in [0.15, 0.2) is 194 Å². The molecule has 0 aliphatic carbocycles. The molecule has 2 aliphatic rings. The Bertz CT molecular complexity index is 2240. The number of hydrogen-bond acceptors (Lipinski definition) is 4. The molecule has 330 valence electrons. The first-order chi connectivity index (χ1) is 30.0. The summed E-state index contributed by atoms with van der Waals surface area (Å²) >= 11 is 28.8. The van der Waals surface area contributed by atoms with Gasteiger partial charge in [0.25, 0.3) is 0 Å². The summed E-state index contributed by atoms with van der Waals surface area (Å²) in [5, 5.41) is 15.3. The quantitative estimate of drug-likeness (QED) is 0.0711. The normalized spacial score (nSPS) is 11.7. The van der Waals surface area contributed by atoms with E-state index in [0.717, 1.165) is 0 Å². The number of rotatable bonds is 6. The molecule has 9 rings (SSSR count). The molecular weight excluding hydrogens is 1070 g/mol. The van der Waals surface area contributed by atoms with Crippen LogP contribution in [0, 0.1) is 0 Å². The number of amides is 4. The molecule has 0 unspecified atom stereocenters. The van der Waals surface area contributed by atoms with Crippen molar-refractivity contribution >= 4 is 141 Å². The number of carbonyl (C=O) groups is 4. The Morgan fingerprint density at radius 1 is 0.312 bits per heavy atom. The van der Waals surface area contributed by atoms with E-state index in [9.17, 15) is 19.2 Å². The second kappa shape index (κ2) is 28.2. The number of nitrogens with zero attached hydrogens (tertiary/aromatic N) is 2. The van der Waals surface area contributed by atoms with Gasteiger partial charge in [-0.25, -0.2) is 0 Å². The minimum atomic E-state index is -1.14. The van der Waals surface area contributed by atoms with Gasteiger partial charge in [-0.15, -0.1) is 0 Å². The maximum Gasteiger partial charge on any atom is 2.00 e. The fourth-order valence-corrected chi connectivity index (χ4v) is 12.4. The maximum absolute atomic E-state index is 10.9. The van der Waals surface area contributed by atoms with Gasteiger partial charge in [-0.05, 0) is 60.7 Å². The zero-order valence-electron chi connectivity index (χ0n) is 33.2. The fourth-order valence-electron chi connectivity index (χ4n) is 6.43. The molecule has 7 nitrogen and oxygen atoms in total. The molecule has 0 fully saturated rings. The number of alkyl halides is 6. The van der Waals surface area contributed by atoms with Crippen LogP contribution in [0.2, 0.25) is 0 Å². The second-order valence-electron chi connectivity index (χ2n) is 12.8. The Balaban J connectivity index is 0.000000277. The average molecular weight is 1100 g/mol. The van der Waals surface area contributed by atoms with Crippen molar-refractivity contribution in [1.82, 2.24) is 0 Å². The van der Waals surface area contributed by atoms with Crippen LogP contribution in [0.25, 0.3) is 10.6 Å². The summed E-state index contributed by atoms with van der Waals surface area (Å²) in [7, 11) is -2.28. The van der Waals surface area contributed by atoms with Crippen LogP contribution >= 0.6 is 85.4 Å². The first kappa shape index (κ1) is 54.4. The van der Waals surface area contributed by atoms with Crippen LogP contribution in [0.4, 0.5) is 0 Å². The van der Waals surface area contributed by atoms with Crippen LogP contribution < -0.4 is 31.8 Å². The van der Waals surface area contributed by atoms with Gasteiger partial charge in [0, 0.05) is 22.3 Å². The van der Waals surface area contributed by atoms with Crippen molar-refractivity contribution < 1.29 is 45.1 Å². The number of benzene rings is 7. The van der Waals surface area contributed by atoms with Crippen LogP contribution in [-0.4, -0.2) is 37.7 Å². The number of fused-ring (bicyclic) bond motifs is 2. The first-order valence-corrected chi connectivity index (χ1v) is 24.3. The summed E-state index contributed by atoms with van der Waals surface area (Å²) in [4.78, 5) is 43.6. The predicted molar refractivity (Wildman–Crippen MR) is 270 cm³/mol. The van der Waals surface area contributed by atoms with Gasteiger partial charge in [-0.2, -0.15) is 0 Å². The van der Waals surface area contributed by atoms with Gasteiger partial charge in [0.2, 0.25) is 0 Å². The predicted octanol–water partition coefficient (Wildman–Crippen LogP) is 10.5. The van der Waals surface area contributed by atoms with E-state index < -0.39 is 48.1 Å². The van der Waals surface area contributed by atoms with Gasteiger partial charge in [0.1, 0.15) is 47.7 Å². The maximum atomic E-state index is 10.9. The molecule has 0 aromatic heterocycles. The summed E-state index contributed by atoms with van der Waals surface area (Å²) in [5.41, 5.74) is 1.66. The van der Waals surface area contributed by atoms with E-state index in [1.165, 1.54) is 31.8 Å². The SMILES string of the molecule is ClC(Cl)Cl.ClC(Cl)Cl.O.O=C1[N-]C(=O)c2ccccc21.O=C1[N-]C(=O)c2ccccc21.[Pd+2].c1ccc([PH+](c2ccccc2)c2ccccc2[PH+](c2ccccc2)c2ccccc2)cc1. The van der Waals surface area contributed by atoms with Gasteiger partial charge in [0.15, 0.2) is 8.59 Å². The number of carbonyl (C=O) groups excluding carboxylic acids is 4. The molecule has 2 aliphatic heterocycles. The van der Waals surface area contributed by atoms with Crippen molar-refractivity contribution in [2.24, 2.45) is 0 Å². The van der Waals surface area contributed by atoms with E-state index in [0.29, 0.717) is 22.3 Å². The zero-order chi connectivity index (χ0) is 44.4. The van der Waals surface area contributed by atoms with Gasteiger partial charge in [-0.1, -0.05) is 203 Å². The van der Waals surface area contributed by atoms with E-state index in [2.05, 4.69) is 156 Å². The first-order valence-electron chi connectivity index (χ1n) is 18.6. The average Bonchev–Trinajstić information content (AvgIpc) is 3.75. The van der Waals surface area contributed by atoms with Gasteiger partial charge >= 0.3 is 20.4 Å². The third-order valence-corrected chi connectivity index (χ3v) is 14.7. The topological polar surface area (TPSA) is 128 Å². The van der Waals surface area contributed by atoms with E-state index in [4.69, 9.17) is 69.6 Å². The molecule has 0 spiro atoms. The molecule has 4 amide bonds. The van der Waals surface area contributed by atoms with Crippen LogP contribution in [0.1, 0.15) is 41.4 Å².